The molecule has 0 saturated heterocycles. The van der Waals surface area contributed by atoms with Gasteiger partial charge in [0.05, 0.1) is 11.6 Å². The van der Waals surface area contributed by atoms with Crippen molar-refractivity contribution in [2.45, 2.75) is 26.8 Å². The number of aryl methyl sites for hydroxylation is 1. The molecule has 25 heavy (non-hydrogen) atoms. The third-order valence-electron chi connectivity index (χ3n) is 4.30. The lowest BCUT2D eigenvalue weighted by Gasteiger charge is -2.27. The van der Waals surface area contributed by atoms with Crippen LogP contribution in [0.1, 0.15) is 31.0 Å². The van der Waals surface area contributed by atoms with Crippen LogP contribution in [-0.4, -0.2) is 21.8 Å². The Labute approximate surface area is 146 Å². The number of aliphatic hydroxyl groups is 1. The maximum Gasteiger partial charge on any atom is 0.294 e. The quantitative estimate of drug-likeness (QED) is 0.927. The first kappa shape index (κ1) is 16.9. The number of hydrogen-bond donors (Lipinski definition) is 1. The van der Waals surface area contributed by atoms with Gasteiger partial charge < -0.3 is 5.11 Å². The highest BCUT2D eigenvalue weighted by molar-refractivity contribution is 6.16. The van der Waals surface area contributed by atoms with Crippen LogP contribution in [0.15, 0.2) is 60.1 Å². The lowest BCUT2D eigenvalue weighted by Crippen LogP contribution is -2.31. The molecule has 0 bridgehead atoms. The van der Waals surface area contributed by atoms with E-state index in [0.29, 0.717) is 5.69 Å². The van der Waals surface area contributed by atoms with Crippen molar-refractivity contribution in [2.24, 2.45) is 5.92 Å². The molecule has 1 aliphatic heterocycles. The molecular weight excluding hydrogens is 316 g/mol. The van der Waals surface area contributed by atoms with Crippen molar-refractivity contribution in [3.05, 3.63) is 71.3 Å². The summed E-state index contributed by atoms with van der Waals surface area (Å²) in [6, 6.07) is 10.3. The Morgan fingerprint density at radius 1 is 1.20 bits per heavy atom. The molecule has 2 aromatic rings. The third kappa shape index (κ3) is 2.93. The van der Waals surface area contributed by atoms with Gasteiger partial charge >= 0.3 is 0 Å². The number of pyridine rings is 1. The Hall–Kier alpha value is -2.95. The largest absolute Gasteiger partial charge is 0.503 e. The molecular formula is C20H20N2O3. The standard InChI is InChI=1S/C20H20N2O3/c1-12(2)18(23)16-17(14-7-9-21-10-8-14)22(20(25)19(16)24)15-6-4-5-13(3)11-15/h4-12,17,24H,1-3H3. The van der Waals surface area contributed by atoms with E-state index in [2.05, 4.69) is 4.98 Å². The fraction of sp³-hybridized carbons (Fsp3) is 0.250. The zero-order valence-corrected chi connectivity index (χ0v) is 14.4. The predicted octanol–water partition coefficient (Wildman–Crippen LogP) is 3.52. The Bertz CT molecular complexity index is 856. The third-order valence-corrected chi connectivity index (χ3v) is 4.30. The van der Waals surface area contributed by atoms with Gasteiger partial charge in [0, 0.05) is 24.0 Å². The number of anilines is 1. The van der Waals surface area contributed by atoms with Crippen molar-refractivity contribution >= 4 is 17.4 Å². The molecule has 1 amide bonds. The number of ketones is 1. The molecule has 5 heteroatoms. The molecule has 2 heterocycles. The van der Waals surface area contributed by atoms with E-state index in [1.807, 2.05) is 25.1 Å². The van der Waals surface area contributed by atoms with E-state index < -0.39 is 17.7 Å². The molecule has 0 radical (unpaired) electrons. The number of Topliss-reactive ketones (excluding diaryl/α,β-unsaturated/α-hetero) is 1. The summed E-state index contributed by atoms with van der Waals surface area (Å²) in [6.07, 6.45) is 3.22. The molecule has 5 nitrogen and oxygen atoms in total. The van der Waals surface area contributed by atoms with Gasteiger partial charge in [-0.15, -0.1) is 0 Å². The van der Waals surface area contributed by atoms with Crippen LogP contribution in [0.2, 0.25) is 0 Å². The van der Waals surface area contributed by atoms with Crippen molar-refractivity contribution in [3.63, 3.8) is 0 Å². The van der Waals surface area contributed by atoms with Gasteiger partial charge in [-0.1, -0.05) is 26.0 Å². The minimum atomic E-state index is -0.660. The predicted molar refractivity (Wildman–Crippen MR) is 95.1 cm³/mol. The number of nitrogens with zero attached hydrogens (tertiary/aromatic N) is 2. The zero-order chi connectivity index (χ0) is 18.1. The van der Waals surface area contributed by atoms with Crippen molar-refractivity contribution in [3.8, 4) is 0 Å². The van der Waals surface area contributed by atoms with Crippen molar-refractivity contribution in [2.75, 3.05) is 4.90 Å². The molecule has 0 fully saturated rings. The van der Waals surface area contributed by atoms with E-state index in [4.69, 9.17) is 0 Å². The Morgan fingerprint density at radius 3 is 2.48 bits per heavy atom. The van der Waals surface area contributed by atoms with E-state index in [1.165, 1.54) is 4.90 Å². The topological polar surface area (TPSA) is 70.5 Å². The average Bonchev–Trinajstić information content (AvgIpc) is 2.86. The fourth-order valence-electron chi connectivity index (χ4n) is 3.07. The van der Waals surface area contributed by atoms with Gasteiger partial charge in [-0.2, -0.15) is 0 Å². The summed E-state index contributed by atoms with van der Waals surface area (Å²) in [5.41, 5.74) is 2.51. The smallest absolute Gasteiger partial charge is 0.294 e. The first-order valence-corrected chi connectivity index (χ1v) is 8.19. The maximum atomic E-state index is 12.8. The average molecular weight is 336 g/mol. The van der Waals surface area contributed by atoms with Crippen molar-refractivity contribution in [1.29, 1.82) is 0 Å². The molecule has 3 rings (SSSR count). The highest BCUT2D eigenvalue weighted by atomic mass is 16.3. The van der Waals surface area contributed by atoms with E-state index in [-0.39, 0.29) is 17.3 Å². The van der Waals surface area contributed by atoms with Crippen LogP contribution < -0.4 is 4.90 Å². The second-order valence-corrected chi connectivity index (χ2v) is 6.48. The van der Waals surface area contributed by atoms with Crippen molar-refractivity contribution < 1.29 is 14.7 Å². The van der Waals surface area contributed by atoms with Gasteiger partial charge in [0.1, 0.15) is 0 Å². The second-order valence-electron chi connectivity index (χ2n) is 6.48. The van der Waals surface area contributed by atoms with E-state index in [1.54, 1.807) is 44.4 Å². The number of aromatic nitrogens is 1. The lowest BCUT2D eigenvalue weighted by molar-refractivity contribution is -0.119. The first-order valence-electron chi connectivity index (χ1n) is 8.19. The van der Waals surface area contributed by atoms with Crippen LogP contribution in [0.4, 0.5) is 5.69 Å². The molecule has 1 aromatic carbocycles. The monoisotopic (exact) mass is 336 g/mol. The zero-order valence-electron chi connectivity index (χ0n) is 14.4. The molecule has 1 atom stereocenters. The van der Waals surface area contributed by atoms with Crippen LogP contribution in [-0.2, 0) is 9.59 Å². The van der Waals surface area contributed by atoms with Gasteiger partial charge in [0.2, 0.25) is 0 Å². The van der Waals surface area contributed by atoms with Crippen LogP contribution in [0.5, 0.6) is 0 Å². The molecule has 0 saturated carbocycles. The van der Waals surface area contributed by atoms with Gasteiger partial charge in [-0.25, -0.2) is 0 Å². The Morgan fingerprint density at radius 2 is 1.88 bits per heavy atom. The summed E-state index contributed by atoms with van der Waals surface area (Å²) in [5.74, 6) is -1.59. The molecule has 1 N–H and O–H groups in total. The summed E-state index contributed by atoms with van der Waals surface area (Å²) in [4.78, 5) is 31.0. The lowest BCUT2D eigenvalue weighted by atomic mass is 9.91. The highest BCUT2D eigenvalue weighted by Crippen LogP contribution is 2.41. The van der Waals surface area contributed by atoms with Gasteiger partial charge in [0.15, 0.2) is 11.5 Å². The van der Waals surface area contributed by atoms with Crippen LogP contribution in [0, 0.1) is 12.8 Å². The first-order chi connectivity index (χ1) is 11.9. The number of carbonyl (C=O) groups excluding carboxylic acids is 2. The van der Waals surface area contributed by atoms with Crippen LogP contribution >= 0.6 is 0 Å². The Balaban J connectivity index is 2.19. The SMILES string of the molecule is Cc1cccc(N2C(=O)C(O)=C(C(=O)C(C)C)C2c2ccncc2)c1. The van der Waals surface area contributed by atoms with E-state index in [9.17, 15) is 14.7 Å². The summed E-state index contributed by atoms with van der Waals surface area (Å²) >= 11 is 0. The number of benzene rings is 1. The minimum Gasteiger partial charge on any atom is -0.503 e. The highest BCUT2D eigenvalue weighted by Gasteiger charge is 2.44. The normalized spacial score (nSPS) is 17.5. The van der Waals surface area contributed by atoms with Gasteiger partial charge in [0.25, 0.3) is 5.91 Å². The number of aliphatic hydroxyl groups excluding tert-OH is 1. The summed E-state index contributed by atoms with van der Waals surface area (Å²) in [7, 11) is 0. The molecule has 128 valence electrons. The summed E-state index contributed by atoms with van der Waals surface area (Å²) in [5, 5.41) is 10.5. The molecule has 0 aliphatic carbocycles. The Kier molecular flexibility index (Phi) is 4.40. The fourth-order valence-corrected chi connectivity index (χ4v) is 3.07. The van der Waals surface area contributed by atoms with E-state index in [0.717, 1.165) is 11.1 Å². The number of carbonyl (C=O) groups is 2. The number of hydrogen-bond acceptors (Lipinski definition) is 4. The summed E-state index contributed by atoms with van der Waals surface area (Å²) < 4.78 is 0. The van der Waals surface area contributed by atoms with Crippen molar-refractivity contribution in [1.82, 2.24) is 4.98 Å². The van der Waals surface area contributed by atoms with E-state index >= 15 is 0 Å². The van der Waals surface area contributed by atoms with Gasteiger partial charge in [-0.05, 0) is 42.3 Å². The van der Waals surface area contributed by atoms with Crippen LogP contribution in [0.25, 0.3) is 0 Å². The summed E-state index contributed by atoms with van der Waals surface area (Å²) in [6.45, 7) is 5.44. The number of amides is 1. The van der Waals surface area contributed by atoms with Gasteiger partial charge in [-0.3, -0.25) is 19.5 Å². The molecule has 0 spiro atoms. The maximum absolute atomic E-state index is 12.8. The molecule has 1 aromatic heterocycles. The molecule has 1 aliphatic rings. The second kappa shape index (κ2) is 6.51. The minimum absolute atomic E-state index is 0.146. The number of rotatable bonds is 4. The van der Waals surface area contributed by atoms with Crippen LogP contribution in [0.3, 0.4) is 0 Å². The molecule has 1 unspecified atom stereocenters.